The van der Waals surface area contributed by atoms with Crippen molar-refractivity contribution in [2.45, 2.75) is 5.76 Å². The van der Waals surface area contributed by atoms with Crippen LogP contribution in [0, 0.1) is 0 Å². The van der Waals surface area contributed by atoms with E-state index in [0.29, 0.717) is 0 Å². The Balaban J connectivity index is 3.53. The van der Waals surface area contributed by atoms with Gasteiger partial charge in [0.05, 0.1) is 13.2 Å². The van der Waals surface area contributed by atoms with Gasteiger partial charge in [-0.2, -0.15) is 8.78 Å². The lowest BCUT2D eigenvalue weighted by atomic mass is 10.7. The van der Waals surface area contributed by atoms with Crippen LogP contribution < -0.4 is 4.72 Å². The number of sulfonamides is 1. The minimum absolute atomic E-state index is 0.0265. The molecule has 0 aliphatic rings. The van der Waals surface area contributed by atoms with Crippen LogP contribution in [0.15, 0.2) is 0 Å². The number of ether oxygens (including phenoxy) is 1. The fourth-order valence-corrected chi connectivity index (χ4v) is 1.08. The van der Waals surface area contributed by atoms with Crippen LogP contribution in [0.1, 0.15) is 0 Å². The molecule has 4 nitrogen and oxygen atoms in total. The zero-order valence-electron chi connectivity index (χ0n) is 6.67. The molecule has 0 spiro atoms. The third kappa shape index (κ3) is 6.14. The Morgan fingerprint density at radius 2 is 2.00 bits per heavy atom. The molecular formula is C5H10ClF2NO3S. The molecule has 0 bridgehead atoms. The smallest absolute Gasteiger partial charge is 0.350 e. The fourth-order valence-electron chi connectivity index (χ4n) is 0.476. The molecule has 0 radical (unpaired) electrons. The first-order valence-electron chi connectivity index (χ1n) is 3.41. The van der Waals surface area contributed by atoms with Gasteiger partial charge in [0.25, 0.3) is 10.0 Å². The molecule has 0 atom stereocenters. The number of hydrogen-bond acceptors (Lipinski definition) is 3. The summed E-state index contributed by atoms with van der Waals surface area (Å²) < 4.78 is 50.6. The summed E-state index contributed by atoms with van der Waals surface area (Å²) in [6.07, 6.45) is 0. The first-order chi connectivity index (χ1) is 6.00. The van der Waals surface area contributed by atoms with E-state index in [2.05, 4.69) is 0 Å². The highest BCUT2D eigenvalue weighted by Gasteiger charge is 2.22. The van der Waals surface area contributed by atoms with Crippen molar-refractivity contribution in [3.63, 3.8) is 0 Å². The number of rotatable bonds is 7. The van der Waals surface area contributed by atoms with E-state index in [0.717, 1.165) is 0 Å². The minimum Gasteiger partial charge on any atom is -0.379 e. The molecule has 0 aliphatic carbocycles. The third-order valence-corrected chi connectivity index (χ3v) is 2.24. The average Bonchev–Trinajstić information content (AvgIpc) is 2.03. The second kappa shape index (κ2) is 6.47. The van der Waals surface area contributed by atoms with Crippen LogP contribution in [-0.2, 0) is 14.8 Å². The largest absolute Gasteiger partial charge is 0.379 e. The summed E-state index contributed by atoms with van der Waals surface area (Å²) in [4.78, 5) is 0. The summed E-state index contributed by atoms with van der Waals surface area (Å²) in [5.74, 6) is -3.12. The Bertz CT molecular complexity index is 222. The molecular weight excluding hydrogens is 228 g/mol. The van der Waals surface area contributed by atoms with E-state index in [1.54, 1.807) is 4.72 Å². The Kier molecular flexibility index (Phi) is 6.48. The van der Waals surface area contributed by atoms with Gasteiger partial charge in [-0.3, -0.25) is 0 Å². The van der Waals surface area contributed by atoms with Gasteiger partial charge >= 0.3 is 5.76 Å². The molecule has 0 aromatic heterocycles. The number of hydrogen-bond donors (Lipinski definition) is 1. The number of alkyl halides is 3. The van der Waals surface area contributed by atoms with Crippen molar-refractivity contribution >= 4 is 21.6 Å². The molecule has 0 aromatic rings. The predicted octanol–water partition coefficient (Wildman–Crippen LogP) is 0.384. The third-order valence-electron chi connectivity index (χ3n) is 1.01. The lowest BCUT2D eigenvalue weighted by molar-refractivity contribution is 0.154. The molecule has 0 saturated carbocycles. The molecule has 0 unspecified atom stereocenters. The van der Waals surface area contributed by atoms with Gasteiger partial charge in [0.2, 0.25) is 0 Å². The van der Waals surface area contributed by atoms with Gasteiger partial charge in [-0.05, 0) is 0 Å². The van der Waals surface area contributed by atoms with E-state index < -0.39 is 15.8 Å². The molecule has 1 N–H and O–H groups in total. The van der Waals surface area contributed by atoms with Crippen LogP contribution in [0.4, 0.5) is 8.78 Å². The highest BCUT2D eigenvalue weighted by molar-refractivity contribution is 7.89. The van der Waals surface area contributed by atoms with Crippen LogP contribution in [0.5, 0.6) is 0 Å². The maximum atomic E-state index is 11.7. The maximum Gasteiger partial charge on any atom is 0.350 e. The molecule has 0 amide bonds. The SMILES string of the molecule is O=S(=O)(NCCOCCCl)C(F)F. The van der Waals surface area contributed by atoms with Crippen molar-refractivity contribution < 1.29 is 21.9 Å². The van der Waals surface area contributed by atoms with Gasteiger partial charge in [0, 0.05) is 12.4 Å². The maximum absolute atomic E-state index is 11.7. The van der Waals surface area contributed by atoms with E-state index in [1.165, 1.54) is 0 Å². The molecule has 0 heterocycles. The van der Waals surface area contributed by atoms with E-state index in [9.17, 15) is 17.2 Å². The summed E-state index contributed by atoms with van der Waals surface area (Å²) in [5.41, 5.74) is 0. The first kappa shape index (κ1) is 13.0. The van der Waals surface area contributed by atoms with Gasteiger partial charge in [-0.1, -0.05) is 0 Å². The monoisotopic (exact) mass is 237 g/mol. The Morgan fingerprint density at radius 3 is 2.46 bits per heavy atom. The molecule has 0 fully saturated rings. The van der Waals surface area contributed by atoms with Crippen molar-refractivity contribution in [1.82, 2.24) is 4.72 Å². The van der Waals surface area contributed by atoms with E-state index in [4.69, 9.17) is 16.3 Å². The van der Waals surface area contributed by atoms with Crippen LogP contribution in [0.3, 0.4) is 0 Å². The summed E-state index contributed by atoms with van der Waals surface area (Å²) in [7, 11) is -4.48. The van der Waals surface area contributed by atoms with Gasteiger partial charge < -0.3 is 4.74 Å². The Hall–Kier alpha value is 0.0200. The zero-order valence-corrected chi connectivity index (χ0v) is 8.25. The van der Waals surface area contributed by atoms with Crippen molar-refractivity contribution in [3.8, 4) is 0 Å². The van der Waals surface area contributed by atoms with E-state index in [1.807, 2.05) is 0 Å². The van der Waals surface area contributed by atoms with E-state index >= 15 is 0 Å². The molecule has 8 heteroatoms. The lowest BCUT2D eigenvalue weighted by Crippen LogP contribution is -2.32. The molecule has 80 valence electrons. The van der Waals surface area contributed by atoms with Gasteiger partial charge in [-0.25, -0.2) is 13.1 Å². The van der Waals surface area contributed by atoms with E-state index in [-0.39, 0.29) is 25.6 Å². The van der Waals surface area contributed by atoms with Crippen LogP contribution >= 0.6 is 11.6 Å². The van der Waals surface area contributed by atoms with Crippen molar-refractivity contribution in [1.29, 1.82) is 0 Å². The minimum atomic E-state index is -4.48. The molecule has 0 rings (SSSR count). The summed E-state index contributed by atoms with van der Waals surface area (Å²) in [6.45, 7) is 0.111. The fraction of sp³-hybridized carbons (Fsp3) is 1.00. The number of nitrogens with one attached hydrogen (secondary N) is 1. The highest BCUT2D eigenvalue weighted by atomic mass is 35.5. The highest BCUT2D eigenvalue weighted by Crippen LogP contribution is 2.00. The first-order valence-corrected chi connectivity index (χ1v) is 5.49. The molecule has 0 saturated heterocycles. The summed E-state index contributed by atoms with van der Waals surface area (Å²) >= 11 is 5.24. The molecule has 13 heavy (non-hydrogen) atoms. The second-order valence-corrected chi connectivity index (χ2v) is 4.11. The van der Waals surface area contributed by atoms with Crippen LogP contribution in [0.2, 0.25) is 0 Å². The molecule has 0 aromatic carbocycles. The Labute approximate surface area is 80.3 Å². The summed E-state index contributed by atoms with van der Waals surface area (Å²) in [6, 6.07) is 0. The topological polar surface area (TPSA) is 55.4 Å². The zero-order chi connectivity index (χ0) is 10.3. The van der Waals surface area contributed by atoms with Gasteiger partial charge in [0.15, 0.2) is 0 Å². The van der Waals surface area contributed by atoms with Gasteiger partial charge in [-0.15, -0.1) is 11.6 Å². The predicted molar refractivity (Wildman–Crippen MR) is 44.5 cm³/mol. The van der Waals surface area contributed by atoms with Crippen molar-refractivity contribution in [2.75, 3.05) is 25.6 Å². The Morgan fingerprint density at radius 1 is 1.38 bits per heavy atom. The van der Waals surface area contributed by atoms with Crippen LogP contribution in [0.25, 0.3) is 0 Å². The average molecular weight is 238 g/mol. The van der Waals surface area contributed by atoms with Crippen molar-refractivity contribution in [2.24, 2.45) is 0 Å². The lowest BCUT2D eigenvalue weighted by Gasteiger charge is -2.05. The van der Waals surface area contributed by atoms with Crippen LogP contribution in [-0.4, -0.2) is 39.8 Å². The van der Waals surface area contributed by atoms with Crippen molar-refractivity contribution in [3.05, 3.63) is 0 Å². The second-order valence-electron chi connectivity index (χ2n) is 2.00. The quantitative estimate of drug-likeness (QED) is 0.515. The standard InChI is InChI=1S/C5H10ClF2NO3S/c6-1-3-12-4-2-9-13(10,11)5(7)8/h5,9H,1-4H2. The molecule has 0 aliphatic heterocycles. The van der Waals surface area contributed by atoms with Gasteiger partial charge in [0.1, 0.15) is 0 Å². The summed E-state index contributed by atoms with van der Waals surface area (Å²) in [5, 5.41) is 0. The number of halogens is 3. The normalized spacial score (nSPS) is 12.3.